The van der Waals surface area contributed by atoms with Crippen molar-refractivity contribution in [1.29, 1.82) is 0 Å². The Morgan fingerprint density at radius 1 is 1.17 bits per heavy atom. The predicted molar refractivity (Wildman–Crippen MR) is 31.6 cm³/mol. The summed E-state index contributed by atoms with van der Waals surface area (Å²) in [6.07, 6.45) is 0. The van der Waals surface area contributed by atoms with Gasteiger partial charge in [-0.2, -0.15) is 0 Å². The van der Waals surface area contributed by atoms with Gasteiger partial charge in [0, 0.05) is 0 Å². The minimum absolute atomic E-state index is 0.672. The summed E-state index contributed by atoms with van der Waals surface area (Å²) in [6, 6.07) is 0. The first-order chi connectivity index (χ1) is 3.00. The Kier molecular flexibility index (Phi) is 1.89. The van der Waals surface area contributed by atoms with Gasteiger partial charge in [-0.25, -0.2) is 0 Å². The van der Waals surface area contributed by atoms with E-state index in [-0.39, 0.29) is 0 Å². The van der Waals surface area contributed by atoms with Gasteiger partial charge in [-0.3, -0.25) is 0 Å². The molecule has 0 N–H and O–H groups in total. The molecular weight excluding hydrogens is 159 g/mol. The molecule has 1 aliphatic heterocycles. The van der Waals surface area contributed by atoms with Crippen molar-refractivity contribution in [2.75, 3.05) is 0 Å². The Bertz CT molecular complexity index is 65.5. The van der Waals surface area contributed by atoms with E-state index < -0.39 is 0 Å². The zero-order valence-corrected chi connectivity index (χ0v) is 5.66. The molecule has 0 aromatic heterocycles. The molecule has 32 valence electrons. The van der Waals surface area contributed by atoms with Crippen molar-refractivity contribution in [2.45, 2.75) is 0 Å². The third kappa shape index (κ3) is 1.21. The Hall–Kier alpha value is 0.349. The van der Waals surface area contributed by atoms with Crippen molar-refractivity contribution in [3.05, 3.63) is 20.8 Å². The second-order valence-electron chi connectivity index (χ2n) is 0.816. The molecule has 0 saturated carbocycles. The zero-order chi connectivity index (χ0) is 4.24. The zero-order valence-electron chi connectivity index (χ0n) is 3.13. The van der Waals surface area contributed by atoms with Gasteiger partial charge >= 0.3 is 47.5 Å². The van der Waals surface area contributed by atoms with Crippen molar-refractivity contribution in [1.82, 2.24) is 0 Å². The van der Waals surface area contributed by atoms with Crippen LogP contribution in [-0.4, -0.2) is 15.0 Å². The molecule has 6 heavy (non-hydrogen) atoms. The van der Waals surface area contributed by atoms with Crippen LogP contribution in [-0.2, 0) is 0 Å². The summed E-state index contributed by atoms with van der Waals surface area (Å²) in [5, 5.41) is 4.25. The van der Waals surface area contributed by atoms with Gasteiger partial charge in [-0.15, -0.1) is 0 Å². The average Bonchev–Trinajstić information content (AvgIpc) is 1.72. The Morgan fingerprint density at radius 3 is 2.00 bits per heavy atom. The topological polar surface area (TPSA) is 0 Å². The molecule has 0 fully saturated rings. The van der Waals surface area contributed by atoms with E-state index >= 15 is 0 Å². The SMILES string of the molecule is C1=C[Se]C=CS1. The van der Waals surface area contributed by atoms with Crippen LogP contribution >= 0.6 is 11.8 Å². The van der Waals surface area contributed by atoms with Crippen LogP contribution < -0.4 is 0 Å². The van der Waals surface area contributed by atoms with Crippen LogP contribution in [0, 0.1) is 0 Å². The van der Waals surface area contributed by atoms with Crippen molar-refractivity contribution in [2.24, 2.45) is 0 Å². The first kappa shape index (κ1) is 4.51. The summed E-state index contributed by atoms with van der Waals surface area (Å²) in [4.78, 5) is 4.41. The number of rotatable bonds is 0. The van der Waals surface area contributed by atoms with Gasteiger partial charge in [0.15, 0.2) is 0 Å². The fourth-order valence-electron chi connectivity index (χ4n) is 0.219. The van der Waals surface area contributed by atoms with Crippen molar-refractivity contribution < 1.29 is 0 Å². The predicted octanol–water partition coefficient (Wildman–Crippen LogP) is 1.38. The summed E-state index contributed by atoms with van der Waals surface area (Å²) in [7, 11) is 0. The average molecular weight is 163 g/mol. The van der Waals surface area contributed by atoms with Gasteiger partial charge in [-0.05, 0) is 0 Å². The Morgan fingerprint density at radius 2 is 1.83 bits per heavy atom. The molecule has 0 aliphatic carbocycles. The normalized spacial score (nSPS) is 18.7. The van der Waals surface area contributed by atoms with E-state index in [2.05, 4.69) is 20.8 Å². The maximum absolute atomic E-state index is 2.21. The van der Waals surface area contributed by atoms with Crippen LogP contribution in [0.1, 0.15) is 0 Å². The standard InChI is InChI=1S/C4H4SSe/c1-3-6-4-2-5-1/h1-4H. The van der Waals surface area contributed by atoms with Crippen LogP contribution in [0.5, 0.6) is 0 Å². The summed E-state index contributed by atoms with van der Waals surface area (Å²) in [6.45, 7) is 0. The monoisotopic (exact) mass is 164 g/mol. The second-order valence-corrected chi connectivity index (χ2v) is 3.35. The van der Waals surface area contributed by atoms with Crippen LogP contribution in [0.15, 0.2) is 20.8 Å². The summed E-state index contributed by atoms with van der Waals surface area (Å²) >= 11 is 2.42. The van der Waals surface area contributed by atoms with Gasteiger partial charge in [-0.1, -0.05) is 0 Å². The van der Waals surface area contributed by atoms with Gasteiger partial charge in [0.05, 0.1) is 0 Å². The van der Waals surface area contributed by atoms with E-state index in [9.17, 15) is 0 Å². The molecular formula is C4H4SSe. The van der Waals surface area contributed by atoms with E-state index in [0.29, 0.717) is 15.0 Å². The van der Waals surface area contributed by atoms with Crippen LogP contribution in [0.4, 0.5) is 0 Å². The van der Waals surface area contributed by atoms with Crippen LogP contribution in [0.3, 0.4) is 0 Å². The quantitative estimate of drug-likeness (QED) is 0.486. The van der Waals surface area contributed by atoms with E-state index in [0.717, 1.165) is 0 Å². The minimum atomic E-state index is 0.672. The number of thioether (sulfide) groups is 1. The first-order valence-corrected chi connectivity index (χ1v) is 4.53. The molecule has 1 aliphatic rings. The summed E-state index contributed by atoms with van der Waals surface area (Å²) < 4.78 is 0. The fraction of sp³-hybridized carbons (Fsp3) is 0. The van der Waals surface area contributed by atoms with Gasteiger partial charge in [0.25, 0.3) is 0 Å². The molecule has 1 rings (SSSR count). The first-order valence-electron chi connectivity index (χ1n) is 1.61. The van der Waals surface area contributed by atoms with E-state index in [1.807, 2.05) is 0 Å². The maximum atomic E-state index is 2.21. The molecule has 0 aromatic rings. The van der Waals surface area contributed by atoms with Gasteiger partial charge < -0.3 is 0 Å². The molecule has 0 nitrogen and oxygen atoms in total. The van der Waals surface area contributed by atoms with E-state index in [1.165, 1.54) is 0 Å². The second kappa shape index (κ2) is 2.51. The van der Waals surface area contributed by atoms with E-state index in [1.54, 1.807) is 11.8 Å². The van der Waals surface area contributed by atoms with E-state index in [4.69, 9.17) is 0 Å². The number of hydrogen-bond acceptors (Lipinski definition) is 1. The van der Waals surface area contributed by atoms with Crippen molar-refractivity contribution in [3.8, 4) is 0 Å². The molecule has 0 spiro atoms. The molecule has 0 radical (unpaired) electrons. The Labute approximate surface area is 47.9 Å². The fourth-order valence-corrected chi connectivity index (χ4v) is 2.37. The van der Waals surface area contributed by atoms with Crippen molar-refractivity contribution >= 4 is 26.7 Å². The molecule has 0 saturated heterocycles. The van der Waals surface area contributed by atoms with Crippen molar-refractivity contribution in [3.63, 3.8) is 0 Å². The molecule has 0 amide bonds. The summed E-state index contributed by atoms with van der Waals surface area (Å²) in [5.74, 6) is 0. The third-order valence-corrected chi connectivity index (χ3v) is 3.02. The molecule has 0 aromatic carbocycles. The molecule has 0 unspecified atom stereocenters. The van der Waals surface area contributed by atoms with Crippen LogP contribution in [0.2, 0.25) is 0 Å². The Balaban J connectivity index is 2.40. The van der Waals surface area contributed by atoms with Gasteiger partial charge in [0.2, 0.25) is 0 Å². The molecule has 0 bridgehead atoms. The number of hydrogen-bond donors (Lipinski definition) is 0. The molecule has 0 atom stereocenters. The van der Waals surface area contributed by atoms with Crippen LogP contribution in [0.25, 0.3) is 0 Å². The van der Waals surface area contributed by atoms with Gasteiger partial charge in [0.1, 0.15) is 0 Å². The summed E-state index contributed by atoms with van der Waals surface area (Å²) in [5.41, 5.74) is 0. The molecule has 1 heterocycles. The molecule has 2 heteroatoms. The third-order valence-electron chi connectivity index (χ3n) is 0.425.